The lowest BCUT2D eigenvalue weighted by molar-refractivity contribution is -0.129. The second kappa shape index (κ2) is 5.09. The van der Waals surface area contributed by atoms with E-state index in [1.54, 1.807) is 4.90 Å². The number of imidazole rings is 1. The van der Waals surface area contributed by atoms with E-state index in [2.05, 4.69) is 9.97 Å². The Bertz CT molecular complexity index is 499. The van der Waals surface area contributed by atoms with Crippen LogP contribution in [0.4, 0.5) is 0 Å². The van der Waals surface area contributed by atoms with E-state index in [4.69, 9.17) is 11.5 Å². The zero-order valence-corrected chi connectivity index (χ0v) is 10.3. The van der Waals surface area contributed by atoms with Crippen LogP contribution < -0.4 is 11.5 Å². The summed E-state index contributed by atoms with van der Waals surface area (Å²) in [5.41, 5.74) is 9.82. The van der Waals surface area contributed by atoms with Gasteiger partial charge in [0.25, 0.3) is 11.8 Å². The van der Waals surface area contributed by atoms with Crippen LogP contribution in [0.25, 0.3) is 0 Å². The summed E-state index contributed by atoms with van der Waals surface area (Å²) in [5.74, 6) is -1.57. The summed E-state index contributed by atoms with van der Waals surface area (Å²) < 4.78 is 0. The Morgan fingerprint density at radius 1 is 1.16 bits per heavy atom. The number of carbonyl (C=O) groups is 3. The number of nitrogens with one attached hydrogen (secondary N) is 1. The number of amides is 3. The molecule has 8 nitrogen and oxygen atoms in total. The highest BCUT2D eigenvalue weighted by atomic mass is 16.2. The molecule has 1 saturated heterocycles. The normalized spacial score (nSPS) is 14.6. The zero-order valence-electron chi connectivity index (χ0n) is 10.3. The molecule has 19 heavy (non-hydrogen) atoms. The molecule has 0 radical (unpaired) electrons. The first-order chi connectivity index (χ1) is 8.99. The van der Waals surface area contributed by atoms with Crippen LogP contribution in [-0.4, -0.2) is 45.7 Å². The maximum Gasteiger partial charge on any atom is 0.269 e. The van der Waals surface area contributed by atoms with Crippen LogP contribution in [0.2, 0.25) is 0 Å². The van der Waals surface area contributed by atoms with E-state index >= 15 is 0 Å². The molecule has 8 heteroatoms. The number of aromatic amines is 1. The number of carbonyl (C=O) groups excluding carboxylic acids is 3. The topological polar surface area (TPSA) is 135 Å². The third-order valence-electron chi connectivity index (χ3n) is 3.01. The van der Waals surface area contributed by atoms with Gasteiger partial charge in [-0.25, -0.2) is 4.98 Å². The van der Waals surface area contributed by atoms with Gasteiger partial charge in [0, 0.05) is 13.1 Å². The lowest BCUT2D eigenvalue weighted by atomic mass is 10.3. The van der Waals surface area contributed by atoms with Gasteiger partial charge in [-0.2, -0.15) is 0 Å². The standard InChI is InChI=1S/C11H15N5O3/c12-10(18)8-9(11(13)19)15-6(14-8)5-7(17)16-3-1-2-4-16/h1-5H2,(H2,12,18)(H2,13,19)(H,14,15). The van der Waals surface area contributed by atoms with E-state index < -0.39 is 11.8 Å². The summed E-state index contributed by atoms with van der Waals surface area (Å²) in [7, 11) is 0. The average molecular weight is 265 g/mol. The molecule has 1 aromatic heterocycles. The number of hydrogen-bond acceptors (Lipinski definition) is 4. The first kappa shape index (κ1) is 13.1. The highest BCUT2D eigenvalue weighted by Crippen LogP contribution is 2.11. The number of hydrogen-bond donors (Lipinski definition) is 3. The molecule has 0 bridgehead atoms. The van der Waals surface area contributed by atoms with E-state index in [-0.39, 0.29) is 29.5 Å². The molecule has 1 fully saturated rings. The largest absolute Gasteiger partial charge is 0.364 e. The fourth-order valence-electron chi connectivity index (χ4n) is 2.08. The number of aromatic nitrogens is 2. The van der Waals surface area contributed by atoms with Crippen LogP contribution in [0.3, 0.4) is 0 Å². The van der Waals surface area contributed by atoms with Crippen molar-refractivity contribution in [3.8, 4) is 0 Å². The second-order valence-electron chi connectivity index (χ2n) is 4.40. The molecule has 0 aromatic carbocycles. The van der Waals surface area contributed by atoms with Gasteiger partial charge >= 0.3 is 0 Å². The summed E-state index contributed by atoms with van der Waals surface area (Å²) >= 11 is 0. The molecule has 0 aliphatic carbocycles. The van der Waals surface area contributed by atoms with Gasteiger partial charge in [-0.3, -0.25) is 14.4 Å². The third kappa shape index (κ3) is 2.72. The number of rotatable bonds is 4. The van der Waals surface area contributed by atoms with Crippen molar-refractivity contribution >= 4 is 17.7 Å². The Labute approximate surface area is 109 Å². The molecule has 0 spiro atoms. The monoisotopic (exact) mass is 265 g/mol. The number of likely N-dealkylation sites (tertiary alicyclic amines) is 1. The minimum Gasteiger partial charge on any atom is -0.364 e. The smallest absolute Gasteiger partial charge is 0.269 e. The van der Waals surface area contributed by atoms with Gasteiger partial charge in [0.15, 0.2) is 5.69 Å². The van der Waals surface area contributed by atoms with Crippen molar-refractivity contribution in [3.05, 3.63) is 17.2 Å². The van der Waals surface area contributed by atoms with Gasteiger partial charge in [0.1, 0.15) is 11.5 Å². The summed E-state index contributed by atoms with van der Waals surface area (Å²) in [6.07, 6.45) is 1.97. The minimum absolute atomic E-state index is 0.00639. The molecule has 1 aliphatic heterocycles. The van der Waals surface area contributed by atoms with E-state index in [1.165, 1.54) is 0 Å². The van der Waals surface area contributed by atoms with Gasteiger partial charge < -0.3 is 21.4 Å². The predicted molar refractivity (Wildman–Crippen MR) is 65.1 cm³/mol. The fourth-order valence-corrected chi connectivity index (χ4v) is 2.08. The van der Waals surface area contributed by atoms with Crippen molar-refractivity contribution in [2.75, 3.05) is 13.1 Å². The molecule has 1 aromatic rings. The highest BCUT2D eigenvalue weighted by Gasteiger charge is 2.23. The highest BCUT2D eigenvalue weighted by molar-refractivity contribution is 6.03. The lowest BCUT2D eigenvalue weighted by Crippen LogP contribution is -2.29. The zero-order chi connectivity index (χ0) is 14.0. The van der Waals surface area contributed by atoms with Gasteiger partial charge in [-0.05, 0) is 12.8 Å². The average Bonchev–Trinajstić information content (AvgIpc) is 2.97. The van der Waals surface area contributed by atoms with Gasteiger partial charge in [0.2, 0.25) is 5.91 Å². The second-order valence-corrected chi connectivity index (χ2v) is 4.40. The van der Waals surface area contributed by atoms with Crippen LogP contribution in [0.1, 0.15) is 39.6 Å². The molecule has 5 N–H and O–H groups in total. The van der Waals surface area contributed by atoms with Crippen LogP contribution in [0.15, 0.2) is 0 Å². The predicted octanol–water partition coefficient (Wildman–Crippen LogP) is -1.23. The summed E-state index contributed by atoms with van der Waals surface area (Å²) in [5, 5.41) is 0. The Morgan fingerprint density at radius 3 is 2.26 bits per heavy atom. The first-order valence-electron chi connectivity index (χ1n) is 5.95. The van der Waals surface area contributed by atoms with Crippen LogP contribution in [0, 0.1) is 0 Å². The maximum absolute atomic E-state index is 11.9. The molecule has 0 unspecified atom stereocenters. The van der Waals surface area contributed by atoms with E-state index in [0.717, 1.165) is 25.9 Å². The fraction of sp³-hybridized carbons (Fsp3) is 0.455. The third-order valence-corrected chi connectivity index (χ3v) is 3.01. The molecule has 0 atom stereocenters. The van der Waals surface area contributed by atoms with Gasteiger partial charge in [0.05, 0.1) is 6.42 Å². The summed E-state index contributed by atoms with van der Waals surface area (Å²) in [6.45, 7) is 1.45. The van der Waals surface area contributed by atoms with E-state index in [9.17, 15) is 14.4 Å². The van der Waals surface area contributed by atoms with Crippen molar-refractivity contribution < 1.29 is 14.4 Å². The quantitative estimate of drug-likeness (QED) is 0.628. The Morgan fingerprint density at radius 2 is 1.79 bits per heavy atom. The number of nitrogens with zero attached hydrogens (tertiary/aromatic N) is 2. The number of H-pyrrole nitrogens is 1. The van der Waals surface area contributed by atoms with Crippen molar-refractivity contribution in [1.82, 2.24) is 14.9 Å². The Balaban J connectivity index is 2.16. The van der Waals surface area contributed by atoms with Crippen LogP contribution >= 0.6 is 0 Å². The SMILES string of the molecule is NC(=O)c1nc(CC(=O)N2CCCC2)[nH]c1C(N)=O. The molecule has 2 heterocycles. The molecular formula is C11H15N5O3. The molecule has 1 aliphatic rings. The lowest BCUT2D eigenvalue weighted by Gasteiger charge is -2.13. The molecule has 0 saturated carbocycles. The summed E-state index contributed by atoms with van der Waals surface area (Å²) in [4.78, 5) is 42.3. The van der Waals surface area contributed by atoms with Crippen molar-refractivity contribution in [3.63, 3.8) is 0 Å². The van der Waals surface area contributed by atoms with Gasteiger partial charge in [-0.1, -0.05) is 0 Å². The first-order valence-corrected chi connectivity index (χ1v) is 5.95. The maximum atomic E-state index is 11.9. The number of nitrogens with two attached hydrogens (primary N) is 2. The molecule has 102 valence electrons. The van der Waals surface area contributed by atoms with Crippen LogP contribution in [-0.2, 0) is 11.2 Å². The molecule has 3 amide bonds. The van der Waals surface area contributed by atoms with E-state index in [0.29, 0.717) is 0 Å². The molecular weight excluding hydrogens is 250 g/mol. The van der Waals surface area contributed by atoms with Crippen molar-refractivity contribution in [2.45, 2.75) is 19.3 Å². The van der Waals surface area contributed by atoms with Crippen molar-refractivity contribution in [2.24, 2.45) is 11.5 Å². The Hall–Kier alpha value is -2.38. The van der Waals surface area contributed by atoms with E-state index in [1.807, 2.05) is 0 Å². The van der Waals surface area contributed by atoms with Crippen LogP contribution in [0.5, 0.6) is 0 Å². The molecule has 2 rings (SSSR count). The summed E-state index contributed by atoms with van der Waals surface area (Å²) in [6, 6.07) is 0. The number of primary amides is 2. The van der Waals surface area contributed by atoms with Gasteiger partial charge in [-0.15, -0.1) is 0 Å². The Kier molecular flexibility index (Phi) is 3.50. The van der Waals surface area contributed by atoms with Crippen molar-refractivity contribution in [1.29, 1.82) is 0 Å². The minimum atomic E-state index is -0.857.